The van der Waals surface area contributed by atoms with Crippen molar-refractivity contribution in [3.63, 3.8) is 0 Å². The SMILES string of the molecule is Cc1cnc(CNC(=O)[C@H]2CO[C@H]3CCN(C)C[C@H]3C2)cn1. The average molecular weight is 304 g/mol. The number of likely N-dealkylation sites (tertiary alicyclic amines) is 1. The van der Waals surface area contributed by atoms with Gasteiger partial charge in [-0.1, -0.05) is 0 Å². The Morgan fingerprint density at radius 3 is 3.09 bits per heavy atom. The van der Waals surface area contributed by atoms with Crippen LogP contribution in [0.4, 0.5) is 0 Å². The molecule has 2 aliphatic heterocycles. The lowest BCUT2D eigenvalue weighted by Crippen LogP contribution is -2.49. The molecule has 0 spiro atoms. The predicted molar refractivity (Wildman–Crippen MR) is 82.1 cm³/mol. The molecule has 0 radical (unpaired) electrons. The van der Waals surface area contributed by atoms with Crippen LogP contribution in [0.15, 0.2) is 12.4 Å². The number of nitrogens with zero attached hydrogens (tertiary/aromatic N) is 3. The lowest BCUT2D eigenvalue weighted by atomic mass is 9.83. The Hall–Kier alpha value is -1.53. The number of fused-ring (bicyclic) bond motifs is 1. The molecule has 1 aromatic heterocycles. The molecule has 2 saturated heterocycles. The fraction of sp³-hybridized carbons (Fsp3) is 0.688. The lowest BCUT2D eigenvalue weighted by Gasteiger charge is -2.41. The van der Waals surface area contributed by atoms with E-state index >= 15 is 0 Å². The van der Waals surface area contributed by atoms with E-state index in [1.165, 1.54) is 0 Å². The van der Waals surface area contributed by atoms with E-state index in [-0.39, 0.29) is 11.8 Å². The fourth-order valence-corrected chi connectivity index (χ4v) is 3.33. The highest BCUT2D eigenvalue weighted by Gasteiger charge is 2.37. The van der Waals surface area contributed by atoms with Crippen molar-refractivity contribution in [2.24, 2.45) is 11.8 Å². The highest BCUT2D eigenvalue weighted by molar-refractivity contribution is 5.78. The molecule has 3 heterocycles. The molecule has 2 aliphatic rings. The van der Waals surface area contributed by atoms with Crippen molar-refractivity contribution < 1.29 is 9.53 Å². The second-order valence-electron chi connectivity index (χ2n) is 6.48. The van der Waals surface area contributed by atoms with Crippen LogP contribution in [-0.2, 0) is 16.1 Å². The molecule has 0 saturated carbocycles. The molecule has 1 N–H and O–H groups in total. The van der Waals surface area contributed by atoms with E-state index in [0.29, 0.717) is 25.2 Å². The number of carbonyl (C=O) groups excluding carboxylic acids is 1. The van der Waals surface area contributed by atoms with Crippen LogP contribution in [0.25, 0.3) is 0 Å². The summed E-state index contributed by atoms with van der Waals surface area (Å²) in [7, 11) is 2.13. The van der Waals surface area contributed by atoms with Crippen molar-refractivity contribution in [2.75, 3.05) is 26.7 Å². The van der Waals surface area contributed by atoms with Crippen LogP contribution in [-0.4, -0.2) is 53.6 Å². The standard InChI is InChI=1S/C16H24N4O2/c1-11-6-18-14(7-17-11)8-19-16(21)13-5-12-9-20(2)4-3-15(12)22-10-13/h6-7,12-13,15H,3-5,8-10H2,1-2H3,(H,19,21)/t12-,13-,15+/m1/s1. The minimum atomic E-state index is -0.0499. The van der Waals surface area contributed by atoms with Crippen LogP contribution in [0.5, 0.6) is 0 Å². The van der Waals surface area contributed by atoms with Crippen molar-refractivity contribution in [2.45, 2.75) is 32.4 Å². The summed E-state index contributed by atoms with van der Waals surface area (Å²) in [6.07, 6.45) is 5.75. The van der Waals surface area contributed by atoms with Crippen LogP contribution in [0.2, 0.25) is 0 Å². The van der Waals surface area contributed by atoms with Crippen LogP contribution in [0, 0.1) is 18.8 Å². The molecule has 6 nitrogen and oxygen atoms in total. The Kier molecular flexibility index (Phi) is 4.69. The van der Waals surface area contributed by atoms with E-state index in [1.54, 1.807) is 12.4 Å². The fourth-order valence-electron chi connectivity index (χ4n) is 3.33. The van der Waals surface area contributed by atoms with Gasteiger partial charge in [0.25, 0.3) is 0 Å². The number of ether oxygens (including phenoxy) is 1. The van der Waals surface area contributed by atoms with E-state index in [2.05, 4.69) is 27.2 Å². The average Bonchev–Trinajstić information content (AvgIpc) is 2.53. The normalized spacial score (nSPS) is 28.9. The maximum absolute atomic E-state index is 12.3. The highest BCUT2D eigenvalue weighted by atomic mass is 16.5. The molecule has 0 aromatic carbocycles. The van der Waals surface area contributed by atoms with Gasteiger partial charge in [-0.25, -0.2) is 0 Å². The summed E-state index contributed by atoms with van der Waals surface area (Å²) in [6.45, 7) is 4.97. The number of rotatable bonds is 3. The minimum absolute atomic E-state index is 0.0499. The maximum atomic E-state index is 12.3. The first kappa shape index (κ1) is 15.4. The number of carbonyl (C=O) groups is 1. The van der Waals surface area contributed by atoms with Gasteiger partial charge in [0, 0.05) is 19.3 Å². The molecule has 2 fully saturated rings. The molecule has 3 atom stereocenters. The summed E-state index contributed by atoms with van der Waals surface area (Å²) in [6, 6.07) is 0. The number of nitrogens with one attached hydrogen (secondary N) is 1. The molecule has 0 aliphatic carbocycles. The van der Waals surface area contributed by atoms with Gasteiger partial charge in [0.15, 0.2) is 0 Å². The second-order valence-corrected chi connectivity index (χ2v) is 6.48. The van der Waals surface area contributed by atoms with Crippen LogP contribution < -0.4 is 5.32 Å². The number of piperidine rings is 1. The molecule has 6 heteroatoms. The van der Waals surface area contributed by atoms with E-state index in [4.69, 9.17) is 4.74 Å². The zero-order valence-corrected chi connectivity index (χ0v) is 13.3. The number of aryl methyl sites for hydroxylation is 1. The Morgan fingerprint density at radius 2 is 2.32 bits per heavy atom. The van der Waals surface area contributed by atoms with E-state index < -0.39 is 0 Å². The largest absolute Gasteiger partial charge is 0.377 e. The smallest absolute Gasteiger partial charge is 0.225 e. The van der Waals surface area contributed by atoms with Crippen LogP contribution in [0.3, 0.4) is 0 Å². The van der Waals surface area contributed by atoms with Crippen molar-refractivity contribution in [3.05, 3.63) is 23.8 Å². The number of hydrogen-bond acceptors (Lipinski definition) is 5. The molecule has 0 unspecified atom stereocenters. The van der Waals surface area contributed by atoms with Crippen molar-refractivity contribution in [1.82, 2.24) is 20.2 Å². The predicted octanol–water partition coefficient (Wildman–Crippen LogP) is 0.758. The van der Waals surface area contributed by atoms with Crippen LogP contribution >= 0.6 is 0 Å². The Balaban J connectivity index is 1.51. The van der Waals surface area contributed by atoms with Gasteiger partial charge in [0.05, 0.1) is 42.8 Å². The number of amides is 1. The first-order valence-corrected chi connectivity index (χ1v) is 7.97. The van der Waals surface area contributed by atoms with Gasteiger partial charge in [-0.2, -0.15) is 0 Å². The van der Waals surface area contributed by atoms with E-state index in [0.717, 1.165) is 37.3 Å². The summed E-state index contributed by atoms with van der Waals surface area (Å²) in [5, 5.41) is 2.96. The van der Waals surface area contributed by atoms with Crippen molar-refractivity contribution in [3.8, 4) is 0 Å². The number of hydrogen-bond donors (Lipinski definition) is 1. The Labute approximate surface area is 131 Å². The van der Waals surface area contributed by atoms with Gasteiger partial charge in [0.2, 0.25) is 5.91 Å². The summed E-state index contributed by atoms with van der Waals surface area (Å²) >= 11 is 0. The van der Waals surface area contributed by atoms with Gasteiger partial charge in [-0.3, -0.25) is 14.8 Å². The van der Waals surface area contributed by atoms with Gasteiger partial charge < -0.3 is 15.0 Å². The molecule has 1 amide bonds. The Morgan fingerprint density at radius 1 is 1.45 bits per heavy atom. The lowest BCUT2D eigenvalue weighted by molar-refractivity contribution is -0.138. The first-order chi connectivity index (χ1) is 10.6. The minimum Gasteiger partial charge on any atom is -0.377 e. The maximum Gasteiger partial charge on any atom is 0.225 e. The van der Waals surface area contributed by atoms with Crippen molar-refractivity contribution in [1.29, 1.82) is 0 Å². The third kappa shape index (κ3) is 3.62. The summed E-state index contributed by atoms with van der Waals surface area (Å²) in [5.74, 6) is 0.489. The van der Waals surface area contributed by atoms with Gasteiger partial charge in [0.1, 0.15) is 0 Å². The van der Waals surface area contributed by atoms with Crippen LogP contribution in [0.1, 0.15) is 24.2 Å². The van der Waals surface area contributed by atoms with Crippen molar-refractivity contribution >= 4 is 5.91 Å². The van der Waals surface area contributed by atoms with E-state index in [1.807, 2.05) is 6.92 Å². The molecule has 22 heavy (non-hydrogen) atoms. The third-order valence-corrected chi connectivity index (χ3v) is 4.61. The molecule has 3 rings (SSSR count). The van der Waals surface area contributed by atoms with Gasteiger partial charge in [-0.15, -0.1) is 0 Å². The summed E-state index contributed by atoms with van der Waals surface area (Å²) in [5.41, 5.74) is 1.66. The topological polar surface area (TPSA) is 67.3 Å². The Bertz CT molecular complexity index is 519. The number of aromatic nitrogens is 2. The molecule has 1 aromatic rings. The second kappa shape index (κ2) is 6.71. The van der Waals surface area contributed by atoms with Gasteiger partial charge >= 0.3 is 0 Å². The summed E-state index contributed by atoms with van der Waals surface area (Å²) < 4.78 is 5.92. The van der Waals surface area contributed by atoms with Gasteiger partial charge in [-0.05, 0) is 32.7 Å². The first-order valence-electron chi connectivity index (χ1n) is 7.97. The molecular weight excluding hydrogens is 280 g/mol. The third-order valence-electron chi connectivity index (χ3n) is 4.61. The summed E-state index contributed by atoms with van der Waals surface area (Å²) in [4.78, 5) is 23.1. The zero-order valence-electron chi connectivity index (χ0n) is 13.3. The zero-order chi connectivity index (χ0) is 15.5. The monoisotopic (exact) mass is 304 g/mol. The molecule has 120 valence electrons. The quantitative estimate of drug-likeness (QED) is 0.893. The highest BCUT2D eigenvalue weighted by Crippen LogP contribution is 2.30. The molecule has 0 bridgehead atoms. The van der Waals surface area contributed by atoms with E-state index in [9.17, 15) is 4.79 Å². The molecular formula is C16H24N4O2.